The van der Waals surface area contributed by atoms with Gasteiger partial charge in [-0.05, 0) is 25.1 Å². The third-order valence-electron chi connectivity index (χ3n) is 3.66. The summed E-state index contributed by atoms with van der Waals surface area (Å²) >= 11 is 0. The van der Waals surface area contributed by atoms with Crippen molar-refractivity contribution in [3.8, 4) is 11.5 Å². The molecule has 0 spiro atoms. The number of amides is 1. The van der Waals surface area contributed by atoms with Crippen LogP contribution in [-0.2, 0) is 17.8 Å². The number of rotatable bonds is 5. The Morgan fingerprint density at radius 1 is 1.20 bits per heavy atom. The monoisotopic (exact) mass is 338 g/mol. The summed E-state index contributed by atoms with van der Waals surface area (Å²) < 4.78 is 6.49. The molecule has 0 saturated heterocycles. The number of carbonyl (C=O) groups excluding carboxylic acids is 1. The number of aryl methyl sites for hydroxylation is 2. The molecule has 7 nitrogen and oxygen atoms in total. The number of hydrogen-bond donors (Lipinski definition) is 1. The van der Waals surface area contributed by atoms with E-state index in [1.165, 1.54) is 10.6 Å². The standard InChI is InChI=1S/C18H18N4O3/c1-3-15-20-18(25-21-15)13-6-9-17(24)22(10-13)11-16(23)19-14-7-4-12(2)5-8-14/h4-10H,3,11H2,1-2H3,(H,19,23). The summed E-state index contributed by atoms with van der Waals surface area (Å²) in [4.78, 5) is 28.4. The Morgan fingerprint density at radius 2 is 1.96 bits per heavy atom. The number of anilines is 1. The normalized spacial score (nSPS) is 10.6. The fourth-order valence-corrected chi connectivity index (χ4v) is 2.29. The highest BCUT2D eigenvalue weighted by molar-refractivity contribution is 5.90. The lowest BCUT2D eigenvalue weighted by Gasteiger charge is -2.08. The first-order chi connectivity index (χ1) is 12.0. The first-order valence-corrected chi connectivity index (χ1v) is 7.95. The Morgan fingerprint density at radius 3 is 2.64 bits per heavy atom. The molecule has 1 N–H and O–H groups in total. The minimum absolute atomic E-state index is 0.102. The molecule has 0 aliphatic carbocycles. The van der Waals surface area contributed by atoms with Gasteiger partial charge in [0.25, 0.3) is 11.4 Å². The molecule has 0 bridgehead atoms. The second-order valence-electron chi connectivity index (χ2n) is 5.67. The second kappa shape index (κ2) is 7.12. The lowest BCUT2D eigenvalue weighted by atomic mass is 10.2. The van der Waals surface area contributed by atoms with Crippen molar-refractivity contribution in [3.05, 3.63) is 64.3 Å². The van der Waals surface area contributed by atoms with Gasteiger partial charge in [0, 0.05) is 24.4 Å². The van der Waals surface area contributed by atoms with Crippen LogP contribution in [0.5, 0.6) is 0 Å². The smallest absolute Gasteiger partial charge is 0.259 e. The molecule has 0 radical (unpaired) electrons. The predicted octanol–water partition coefficient (Wildman–Crippen LogP) is 2.41. The van der Waals surface area contributed by atoms with Gasteiger partial charge < -0.3 is 14.4 Å². The van der Waals surface area contributed by atoms with Gasteiger partial charge in [-0.25, -0.2) is 0 Å². The van der Waals surface area contributed by atoms with Crippen LogP contribution in [0.1, 0.15) is 18.3 Å². The zero-order chi connectivity index (χ0) is 17.8. The molecule has 0 aliphatic rings. The average Bonchev–Trinajstić information content (AvgIpc) is 3.08. The topological polar surface area (TPSA) is 90.0 Å². The van der Waals surface area contributed by atoms with E-state index in [0.717, 1.165) is 5.56 Å². The molecule has 0 unspecified atom stereocenters. The second-order valence-corrected chi connectivity index (χ2v) is 5.67. The van der Waals surface area contributed by atoms with Crippen LogP contribution >= 0.6 is 0 Å². The Balaban J connectivity index is 1.77. The van der Waals surface area contributed by atoms with Crippen molar-refractivity contribution in [1.29, 1.82) is 0 Å². The lowest BCUT2D eigenvalue weighted by Crippen LogP contribution is -2.26. The summed E-state index contributed by atoms with van der Waals surface area (Å²) in [6.45, 7) is 3.79. The van der Waals surface area contributed by atoms with Crippen LogP contribution in [-0.4, -0.2) is 20.6 Å². The van der Waals surface area contributed by atoms with Crippen LogP contribution in [0.2, 0.25) is 0 Å². The first-order valence-electron chi connectivity index (χ1n) is 7.95. The average molecular weight is 338 g/mol. The van der Waals surface area contributed by atoms with Crippen molar-refractivity contribution in [2.24, 2.45) is 0 Å². The van der Waals surface area contributed by atoms with Gasteiger partial charge in [-0.3, -0.25) is 9.59 Å². The van der Waals surface area contributed by atoms with Gasteiger partial charge in [0.05, 0.1) is 5.56 Å². The molecular weight excluding hydrogens is 320 g/mol. The van der Waals surface area contributed by atoms with Crippen LogP contribution in [0.3, 0.4) is 0 Å². The maximum Gasteiger partial charge on any atom is 0.259 e. The summed E-state index contributed by atoms with van der Waals surface area (Å²) in [7, 11) is 0. The van der Waals surface area contributed by atoms with Gasteiger partial charge >= 0.3 is 0 Å². The summed E-state index contributed by atoms with van der Waals surface area (Å²) in [5.41, 5.74) is 2.10. The highest BCUT2D eigenvalue weighted by Gasteiger charge is 2.11. The summed E-state index contributed by atoms with van der Waals surface area (Å²) in [5, 5.41) is 6.60. The molecule has 3 aromatic rings. The third kappa shape index (κ3) is 4.00. The molecule has 3 rings (SSSR count). The number of pyridine rings is 1. The van der Waals surface area contributed by atoms with Crippen molar-refractivity contribution in [2.75, 3.05) is 5.32 Å². The molecule has 0 fully saturated rings. The van der Waals surface area contributed by atoms with Gasteiger partial charge in [-0.15, -0.1) is 0 Å². The molecule has 2 aromatic heterocycles. The maximum atomic E-state index is 12.2. The number of hydrogen-bond acceptors (Lipinski definition) is 5. The number of benzene rings is 1. The molecule has 1 aromatic carbocycles. The van der Waals surface area contributed by atoms with Crippen molar-refractivity contribution in [2.45, 2.75) is 26.8 Å². The van der Waals surface area contributed by atoms with Crippen LogP contribution < -0.4 is 10.9 Å². The molecule has 25 heavy (non-hydrogen) atoms. The Labute approximate surface area is 144 Å². The molecule has 128 valence electrons. The van der Waals surface area contributed by atoms with Crippen molar-refractivity contribution >= 4 is 11.6 Å². The van der Waals surface area contributed by atoms with E-state index in [0.29, 0.717) is 29.4 Å². The van der Waals surface area contributed by atoms with Gasteiger partial charge in [0.15, 0.2) is 5.82 Å². The maximum absolute atomic E-state index is 12.2. The van der Waals surface area contributed by atoms with Gasteiger partial charge in [-0.2, -0.15) is 4.98 Å². The molecule has 0 aliphatic heterocycles. The fourth-order valence-electron chi connectivity index (χ4n) is 2.29. The first kappa shape index (κ1) is 16.6. The van der Waals surface area contributed by atoms with Crippen LogP contribution in [0, 0.1) is 6.92 Å². The van der Waals surface area contributed by atoms with Crippen molar-refractivity contribution in [1.82, 2.24) is 14.7 Å². The van der Waals surface area contributed by atoms with Gasteiger partial charge in [-0.1, -0.05) is 29.8 Å². The summed E-state index contributed by atoms with van der Waals surface area (Å²) in [5.74, 6) is 0.622. The van der Waals surface area contributed by atoms with E-state index >= 15 is 0 Å². The zero-order valence-corrected chi connectivity index (χ0v) is 14.0. The number of nitrogens with zero attached hydrogens (tertiary/aromatic N) is 3. The molecule has 7 heteroatoms. The summed E-state index contributed by atoms with van der Waals surface area (Å²) in [6, 6.07) is 10.4. The molecule has 0 atom stereocenters. The van der Waals surface area contributed by atoms with E-state index < -0.39 is 0 Å². The Hall–Kier alpha value is -3.22. The van der Waals surface area contributed by atoms with E-state index in [-0.39, 0.29) is 18.0 Å². The Kier molecular flexibility index (Phi) is 4.74. The van der Waals surface area contributed by atoms with Crippen LogP contribution in [0.15, 0.2) is 51.9 Å². The zero-order valence-electron chi connectivity index (χ0n) is 14.0. The molecular formula is C18H18N4O3. The minimum atomic E-state index is -0.289. The van der Waals surface area contributed by atoms with E-state index in [9.17, 15) is 9.59 Å². The quantitative estimate of drug-likeness (QED) is 0.771. The third-order valence-corrected chi connectivity index (χ3v) is 3.66. The van der Waals surface area contributed by atoms with Gasteiger partial charge in [0.1, 0.15) is 6.54 Å². The van der Waals surface area contributed by atoms with E-state index in [1.807, 2.05) is 38.1 Å². The molecule has 1 amide bonds. The van der Waals surface area contributed by atoms with Crippen molar-refractivity contribution in [3.63, 3.8) is 0 Å². The number of aromatic nitrogens is 3. The van der Waals surface area contributed by atoms with E-state index in [2.05, 4.69) is 15.5 Å². The van der Waals surface area contributed by atoms with E-state index in [1.54, 1.807) is 12.3 Å². The Bertz CT molecular complexity index is 941. The molecule has 2 heterocycles. The molecule has 0 saturated carbocycles. The van der Waals surface area contributed by atoms with Gasteiger partial charge in [0.2, 0.25) is 5.91 Å². The van der Waals surface area contributed by atoms with Crippen LogP contribution in [0.25, 0.3) is 11.5 Å². The highest BCUT2D eigenvalue weighted by Crippen LogP contribution is 2.15. The number of nitrogens with one attached hydrogen (secondary N) is 1. The lowest BCUT2D eigenvalue weighted by molar-refractivity contribution is -0.116. The SMILES string of the molecule is CCc1noc(-c2ccc(=O)n(CC(=O)Nc3ccc(C)cc3)c2)n1. The fraction of sp³-hybridized carbons (Fsp3) is 0.222. The number of carbonyl (C=O) groups is 1. The highest BCUT2D eigenvalue weighted by atomic mass is 16.5. The summed E-state index contributed by atoms with van der Waals surface area (Å²) in [6.07, 6.45) is 2.20. The largest absolute Gasteiger partial charge is 0.334 e. The van der Waals surface area contributed by atoms with Crippen LogP contribution in [0.4, 0.5) is 5.69 Å². The van der Waals surface area contributed by atoms with E-state index in [4.69, 9.17) is 4.52 Å². The predicted molar refractivity (Wildman–Crippen MR) is 93.2 cm³/mol. The minimum Gasteiger partial charge on any atom is -0.334 e. The van der Waals surface area contributed by atoms with Crippen molar-refractivity contribution < 1.29 is 9.32 Å².